The summed E-state index contributed by atoms with van der Waals surface area (Å²) in [5.74, 6) is -0.0676. The lowest BCUT2D eigenvalue weighted by atomic mass is 10.1. The Labute approximate surface area is 77.5 Å². The predicted octanol–water partition coefficient (Wildman–Crippen LogP) is 1.86. The minimum Gasteiger partial charge on any atom is -0.493 e. The Bertz CT molecular complexity index is 299. The van der Waals surface area contributed by atoms with Gasteiger partial charge >= 0.3 is 0 Å². The molecule has 2 nitrogen and oxygen atoms in total. The van der Waals surface area contributed by atoms with Crippen molar-refractivity contribution >= 4 is 0 Å². The van der Waals surface area contributed by atoms with E-state index in [2.05, 4.69) is 0 Å². The number of rotatable bonds is 3. The summed E-state index contributed by atoms with van der Waals surface area (Å²) in [4.78, 5) is 0. The average Bonchev–Trinajstić information content (AvgIpc) is 2.16. The predicted molar refractivity (Wildman–Crippen MR) is 50.2 cm³/mol. The van der Waals surface area contributed by atoms with Crippen LogP contribution in [-0.2, 0) is 13.0 Å². The number of methoxy groups -OCH3 is 1. The van der Waals surface area contributed by atoms with Crippen molar-refractivity contribution in [3.8, 4) is 5.75 Å². The molecule has 0 unspecified atom stereocenters. The quantitative estimate of drug-likeness (QED) is 0.776. The van der Waals surface area contributed by atoms with Crippen molar-refractivity contribution < 1.29 is 9.13 Å². The number of hydrogen-bond acceptors (Lipinski definition) is 2. The largest absolute Gasteiger partial charge is 0.493 e. The maximum absolute atomic E-state index is 13.3. The Balaban J connectivity index is 3.20. The molecule has 0 aliphatic heterocycles. The molecule has 0 fully saturated rings. The van der Waals surface area contributed by atoms with Gasteiger partial charge in [-0.1, -0.05) is 13.0 Å². The van der Waals surface area contributed by atoms with Crippen molar-refractivity contribution in [2.75, 3.05) is 7.11 Å². The number of nitrogens with two attached hydrogens (primary N) is 1. The number of halogens is 1. The zero-order valence-electron chi connectivity index (χ0n) is 7.93. The van der Waals surface area contributed by atoms with E-state index >= 15 is 0 Å². The van der Waals surface area contributed by atoms with Crippen molar-refractivity contribution in [3.05, 3.63) is 29.1 Å². The van der Waals surface area contributed by atoms with Gasteiger partial charge < -0.3 is 10.5 Å². The molecule has 2 N–H and O–H groups in total. The van der Waals surface area contributed by atoms with E-state index in [4.69, 9.17) is 10.5 Å². The van der Waals surface area contributed by atoms with Crippen LogP contribution in [0.5, 0.6) is 5.75 Å². The van der Waals surface area contributed by atoms with Crippen molar-refractivity contribution in [2.24, 2.45) is 5.73 Å². The smallest absolute Gasteiger partial charge is 0.165 e. The Morgan fingerprint density at radius 2 is 2.15 bits per heavy atom. The molecule has 0 spiro atoms. The van der Waals surface area contributed by atoms with E-state index in [0.29, 0.717) is 6.54 Å². The number of ether oxygens (including phenoxy) is 1. The standard InChI is InChI=1S/C10H14FNO/c1-3-7-4-8(6-12)10(13-2)9(11)5-7/h4-5H,3,6,12H2,1-2H3. The summed E-state index contributed by atoms with van der Waals surface area (Å²) in [6.45, 7) is 2.27. The average molecular weight is 183 g/mol. The highest BCUT2D eigenvalue weighted by Gasteiger charge is 2.09. The highest BCUT2D eigenvalue weighted by Crippen LogP contribution is 2.24. The lowest BCUT2D eigenvalue weighted by Gasteiger charge is -2.09. The van der Waals surface area contributed by atoms with E-state index in [1.165, 1.54) is 13.2 Å². The molecule has 0 bridgehead atoms. The summed E-state index contributed by atoms with van der Waals surface area (Å²) in [5, 5.41) is 0. The van der Waals surface area contributed by atoms with Gasteiger partial charge in [-0.2, -0.15) is 0 Å². The molecule has 0 aromatic heterocycles. The number of benzene rings is 1. The Morgan fingerprint density at radius 1 is 1.46 bits per heavy atom. The second-order valence-corrected chi connectivity index (χ2v) is 2.83. The van der Waals surface area contributed by atoms with Gasteiger partial charge in [0.2, 0.25) is 0 Å². The molecule has 13 heavy (non-hydrogen) atoms. The molecule has 0 atom stereocenters. The Hall–Kier alpha value is -1.09. The first-order valence-corrected chi connectivity index (χ1v) is 4.28. The summed E-state index contributed by atoms with van der Waals surface area (Å²) < 4.78 is 18.2. The van der Waals surface area contributed by atoms with E-state index in [0.717, 1.165) is 17.5 Å². The van der Waals surface area contributed by atoms with Crippen LogP contribution in [0, 0.1) is 5.82 Å². The molecule has 1 aromatic carbocycles. The first-order chi connectivity index (χ1) is 6.22. The fourth-order valence-corrected chi connectivity index (χ4v) is 1.30. The zero-order valence-corrected chi connectivity index (χ0v) is 7.93. The normalized spacial score (nSPS) is 10.2. The topological polar surface area (TPSA) is 35.2 Å². The van der Waals surface area contributed by atoms with Crippen LogP contribution in [0.4, 0.5) is 4.39 Å². The maximum Gasteiger partial charge on any atom is 0.165 e. The molecule has 0 saturated heterocycles. The van der Waals surface area contributed by atoms with E-state index < -0.39 is 0 Å². The highest BCUT2D eigenvalue weighted by molar-refractivity contribution is 5.38. The summed E-state index contributed by atoms with van der Waals surface area (Å²) in [7, 11) is 1.45. The molecule has 0 saturated carbocycles. The molecular formula is C10H14FNO. The molecule has 72 valence electrons. The lowest BCUT2D eigenvalue weighted by molar-refractivity contribution is 0.381. The Kier molecular flexibility index (Phi) is 3.25. The minimum atomic E-state index is -0.331. The highest BCUT2D eigenvalue weighted by atomic mass is 19.1. The van der Waals surface area contributed by atoms with Crippen LogP contribution < -0.4 is 10.5 Å². The van der Waals surface area contributed by atoms with E-state index in [1.54, 1.807) is 0 Å². The summed E-state index contributed by atoms with van der Waals surface area (Å²) in [6.07, 6.45) is 0.800. The first kappa shape index (κ1) is 9.99. The van der Waals surface area contributed by atoms with Gasteiger partial charge in [0.25, 0.3) is 0 Å². The molecule has 0 aliphatic rings. The second-order valence-electron chi connectivity index (χ2n) is 2.83. The van der Waals surface area contributed by atoms with Gasteiger partial charge in [-0.15, -0.1) is 0 Å². The third-order valence-electron chi connectivity index (χ3n) is 2.01. The molecule has 0 aliphatic carbocycles. The van der Waals surface area contributed by atoms with Gasteiger partial charge in [0.15, 0.2) is 11.6 Å². The second kappa shape index (κ2) is 4.23. The van der Waals surface area contributed by atoms with Crippen molar-refractivity contribution in [2.45, 2.75) is 19.9 Å². The van der Waals surface area contributed by atoms with Gasteiger partial charge in [-0.25, -0.2) is 4.39 Å². The fourth-order valence-electron chi connectivity index (χ4n) is 1.30. The molecule has 1 aromatic rings. The Morgan fingerprint density at radius 3 is 2.62 bits per heavy atom. The number of aryl methyl sites for hydroxylation is 1. The van der Waals surface area contributed by atoms with E-state index in [-0.39, 0.29) is 11.6 Å². The summed E-state index contributed by atoms with van der Waals surface area (Å²) in [5.41, 5.74) is 7.14. The molecule has 0 radical (unpaired) electrons. The molecule has 1 rings (SSSR count). The molecular weight excluding hydrogens is 169 g/mol. The summed E-state index contributed by atoms with van der Waals surface area (Å²) in [6, 6.07) is 3.36. The minimum absolute atomic E-state index is 0.264. The molecule has 0 amide bonds. The van der Waals surface area contributed by atoms with Gasteiger partial charge in [-0.3, -0.25) is 0 Å². The van der Waals surface area contributed by atoms with Crippen LogP contribution in [0.1, 0.15) is 18.1 Å². The van der Waals surface area contributed by atoms with Crippen LogP contribution in [0.25, 0.3) is 0 Å². The molecule has 3 heteroatoms. The van der Waals surface area contributed by atoms with Crippen LogP contribution in [0.15, 0.2) is 12.1 Å². The van der Waals surface area contributed by atoms with Crippen molar-refractivity contribution in [3.63, 3.8) is 0 Å². The molecule has 0 heterocycles. The summed E-state index contributed by atoms with van der Waals surface area (Å²) >= 11 is 0. The number of hydrogen-bond donors (Lipinski definition) is 1. The zero-order chi connectivity index (χ0) is 9.84. The van der Waals surface area contributed by atoms with Gasteiger partial charge in [0.05, 0.1) is 7.11 Å². The first-order valence-electron chi connectivity index (χ1n) is 4.28. The van der Waals surface area contributed by atoms with Crippen molar-refractivity contribution in [1.29, 1.82) is 0 Å². The van der Waals surface area contributed by atoms with Gasteiger partial charge in [0, 0.05) is 12.1 Å². The SMILES string of the molecule is CCc1cc(F)c(OC)c(CN)c1. The third kappa shape index (κ3) is 1.98. The third-order valence-corrected chi connectivity index (χ3v) is 2.01. The fraction of sp³-hybridized carbons (Fsp3) is 0.400. The monoisotopic (exact) mass is 183 g/mol. The lowest BCUT2D eigenvalue weighted by Crippen LogP contribution is -2.03. The van der Waals surface area contributed by atoms with E-state index in [1.807, 2.05) is 13.0 Å². The van der Waals surface area contributed by atoms with Crippen molar-refractivity contribution in [1.82, 2.24) is 0 Å². The van der Waals surface area contributed by atoms with E-state index in [9.17, 15) is 4.39 Å². The van der Waals surface area contributed by atoms with Gasteiger partial charge in [-0.05, 0) is 18.1 Å². The van der Waals surface area contributed by atoms with Crippen LogP contribution in [0.2, 0.25) is 0 Å². The van der Waals surface area contributed by atoms with Crippen LogP contribution >= 0.6 is 0 Å². The van der Waals surface area contributed by atoms with Crippen LogP contribution in [-0.4, -0.2) is 7.11 Å². The maximum atomic E-state index is 13.3. The van der Waals surface area contributed by atoms with Gasteiger partial charge in [0.1, 0.15) is 0 Å². The van der Waals surface area contributed by atoms with Crippen LogP contribution in [0.3, 0.4) is 0 Å².